The van der Waals surface area contributed by atoms with Crippen molar-refractivity contribution in [3.63, 3.8) is 0 Å². The Balaban J connectivity index is 2.08. The van der Waals surface area contributed by atoms with Gasteiger partial charge in [0.2, 0.25) is 0 Å². The maximum absolute atomic E-state index is 12.0. The van der Waals surface area contributed by atoms with Gasteiger partial charge in [0, 0.05) is 18.7 Å². The van der Waals surface area contributed by atoms with E-state index in [0.29, 0.717) is 13.2 Å². The monoisotopic (exact) mass is 205 g/mol. The van der Waals surface area contributed by atoms with E-state index in [1.807, 2.05) is 37.4 Å². The van der Waals surface area contributed by atoms with Crippen molar-refractivity contribution in [1.82, 2.24) is 4.90 Å². The smallest absolute Gasteiger partial charge is 0.192 e. The zero-order valence-electron chi connectivity index (χ0n) is 8.85. The van der Waals surface area contributed by atoms with Crippen molar-refractivity contribution in [2.75, 3.05) is 26.7 Å². The molecule has 3 nitrogen and oxygen atoms in total. The van der Waals surface area contributed by atoms with Crippen LogP contribution in [0.1, 0.15) is 10.4 Å². The van der Waals surface area contributed by atoms with Gasteiger partial charge in [0.15, 0.2) is 5.78 Å². The number of nitrogens with zero attached hydrogens (tertiary/aromatic N) is 1. The van der Waals surface area contributed by atoms with Crippen LogP contribution in [0.15, 0.2) is 30.3 Å². The topological polar surface area (TPSA) is 29.5 Å². The molecule has 80 valence electrons. The van der Waals surface area contributed by atoms with Crippen LogP contribution in [0.5, 0.6) is 0 Å². The van der Waals surface area contributed by atoms with Crippen LogP contribution in [0.2, 0.25) is 0 Å². The molecule has 0 saturated carbocycles. The lowest BCUT2D eigenvalue weighted by molar-refractivity contribution is -0.00862. The van der Waals surface area contributed by atoms with Gasteiger partial charge in [0.25, 0.3) is 0 Å². The number of carbonyl (C=O) groups excluding carboxylic acids is 1. The predicted molar refractivity (Wildman–Crippen MR) is 58.0 cm³/mol. The van der Waals surface area contributed by atoms with Crippen molar-refractivity contribution in [2.45, 2.75) is 6.10 Å². The second kappa shape index (κ2) is 4.55. The standard InChI is InChI=1S/C12H15NO2/c1-13-7-8-15-11(9-13)12(14)10-5-3-2-4-6-10/h2-6,11H,7-9H2,1H3. The first kappa shape index (κ1) is 10.3. The molecular weight excluding hydrogens is 190 g/mol. The van der Waals surface area contributed by atoms with E-state index in [2.05, 4.69) is 4.90 Å². The number of ether oxygens (including phenoxy) is 1. The first-order chi connectivity index (χ1) is 7.27. The number of benzene rings is 1. The summed E-state index contributed by atoms with van der Waals surface area (Å²) in [6.07, 6.45) is -0.300. The molecule has 0 bridgehead atoms. The largest absolute Gasteiger partial charge is 0.367 e. The van der Waals surface area contributed by atoms with Crippen LogP contribution < -0.4 is 0 Å². The molecule has 0 amide bonds. The number of hydrogen-bond donors (Lipinski definition) is 0. The molecule has 0 spiro atoms. The minimum absolute atomic E-state index is 0.0853. The van der Waals surface area contributed by atoms with Crippen LogP contribution in [0.25, 0.3) is 0 Å². The first-order valence-electron chi connectivity index (χ1n) is 5.17. The zero-order chi connectivity index (χ0) is 10.7. The molecule has 0 radical (unpaired) electrons. The molecule has 1 unspecified atom stereocenters. The normalized spacial score (nSPS) is 22.6. The van der Waals surface area contributed by atoms with Gasteiger partial charge < -0.3 is 9.64 Å². The van der Waals surface area contributed by atoms with Crippen LogP contribution >= 0.6 is 0 Å². The number of rotatable bonds is 2. The lowest BCUT2D eigenvalue weighted by Crippen LogP contribution is -2.44. The van der Waals surface area contributed by atoms with Crippen LogP contribution in [0.3, 0.4) is 0 Å². The van der Waals surface area contributed by atoms with Gasteiger partial charge in [-0.1, -0.05) is 30.3 Å². The summed E-state index contributed by atoms with van der Waals surface area (Å²) in [5, 5.41) is 0. The van der Waals surface area contributed by atoms with Gasteiger partial charge in [-0.2, -0.15) is 0 Å². The third kappa shape index (κ3) is 2.43. The molecule has 1 aliphatic rings. The number of ketones is 1. The highest BCUT2D eigenvalue weighted by atomic mass is 16.5. The Kier molecular flexibility index (Phi) is 3.14. The van der Waals surface area contributed by atoms with E-state index in [4.69, 9.17) is 4.74 Å². The van der Waals surface area contributed by atoms with Gasteiger partial charge in [0.05, 0.1) is 6.61 Å². The van der Waals surface area contributed by atoms with Gasteiger partial charge >= 0.3 is 0 Å². The molecule has 2 rings (SSSR count). The molecule has 1 atom stereocenters. The minimum atomic E-state index is -0.300. The second-order valence-corrected chi connectivity index (χ2v) is 3.85. The molecule has 0 aliphatic carbocycles. The SMILES string of the molecule is CN1CCOC(C(=O)c2ccccc2)C1. The molecule has 1 aromatic carbocycles. The Bertz CT molecular complexity index is 337. The highest BCUT2D eigenvalue weighted by Gasteiger charge is 2.25. The van der Waals surface area contributed by atoms with Gasteiger partial charge in [-0.05, 0) is 7.05 Å². The zero-order valence-corrected chi connectivity index (χ0v) is 8.85. The van der Waals surface area contributed by atoms with Gasteiger partial charge in [0.1, 0.15) is 6.10 Å². The summed E-state index contributed by atoms with van der Waals surface area (Å²) >= 11 is 0. The number of carbonyl (C=O) groups is 1. The van der Waals surface area contributed by atoms with E-state index in [1.165, 1.54) is 0 Å². The molecule has 1 aliphatic heterocycles. The third-order valence-corrected chi connectivity index (χ3v) is 2.62. The molecular formula is C12H15NO2. The lowest BCUT2D eigenvalue weighted by atomic mass is 10.1. The minimum Gasteiger partial charge on any atom is -0.367 e. The maximum atomic E-state index is 12.0. The quantitative estimate of drug-likeness (QED) is 0.679. The van der Waals surface area contributed by atoms with Crippen molar-refractivity contribution in [3.05, 3.63) is 35.9 Å². The summed E-state index contributed by atoms with van der Waals surface area (Å²) in [4.78, 5) is 14.1. The summed E-state index contributed by atoms with van der Waals surface area (Å²) in [6, 6.07) is 9.32. The van der Waals surface area contributed by atoms with Gasteiger partial charge in [-0.3, -0.25) is 4.79 Å². The van der Waals surface area contributed by atoms with Crippen LogP contribution in [-0.2, 0) is 4.74 Å². The van der Waals surface area contributed by atoms with Crippen LogP contribution in [-0.4, -0.2) is 43.5 Å². The highest BCUT2D eigenvalue weighted by molar-refractivity contribution is 5.99. The Morgan fingerprint density at radius 3 is 2.80 bits per heavy atom. The van der Waals surface area contributed by atoms with E-state index in [-0.39, 0.29) is 11.9 Å². The van der Waals surface area contributed by atoms with Gasteiger partial charge in [-0.15, -0.1) is 0 Å². The Hall–Kier alpha value is -1.19. The summed E-state index contributed by atoms with van der Waals surface area (Å²) in [5.74, 6) is 0.0853. The Morgan fingerprint density at radius 2 is 2.13 bits per heavy atom. The summed E-state index contributed by atoms with van der Waals surface area (Å²) in [5.41, 5.74) is 0.734. The van der Waals surface area contributed by atoms with E-state index in [9.17, 15) is 4.79 Å². The van der Waals surface area contributed by atoms with Crippen molar-refractivity contribution in [1.29, 1.82) is 0 Å². The average Bonchev–Trinajstić information content (AvgIpc) is 2.29. The second-order valence-electron chi connectivity index (χ2n) is 3.85. The molecule has 0 aromatic heterocycles. The fraction of sp³-hybridized carbons (Fsp3) is 0.417. The van der Waals surface area contributed by atoms with Crippen molar-refractivity contribution < 1.29 is 9.53 Å². The molecule has 1 saturated heterocycles. The van der Waals surface area contributed by atoms with E-state index < -0.39 is 0 Å². The molecule has 1 fully saturated rings. The molecule has 1 heterocycles. The molecule has 3 heteroatoms. The first-order valence-corrected chi connectivity index (χ1v) is 5.17. The molecule has 15 heavy (non-hydrogen) atoms. The summed E-state index contributed by atoms with van der Waals surface area (Å²) in [7, 11) is 2.01. The van der Waals surface area contributed by atoms with Crippen molar-refractivity contribution in [2.24, 2.45) is 0 Å². The number of likely N-dealkylation sites (N-methyl/N-ethyl adjacent to an activating group) is 1. The van der Waals surface area contributed by atoms with Crippen LogP contribution in [0, 0.1) is 0 Å². The fourth-order valence-corrected chi connectivity index (χ4v) is 1.72. The number of hydrogen-bond acceptors (Lipinski definition) is 3. The Labute approximate surface area is 89.7 Å². The van der Waals surface area contributed by atoms with Crippen molar-refractivity contribution in [3.8, 4) is 0 Å². The lowest BCUT2D eigenvalue weighted by Gasteiger charge is -2.29. The number of morpholine rings is 1. The van der Waals surface area contributed by atoms with Crippen LogP contribution in [0.4, 0.5) is 0 Å². The summed E-state index contributed by atoms with van der Waals surface area (Å²) < 4.78 is 5.47. The summed E-state index contributed by atoms with van der Waals surface area (Å²) in [6.45, 7) is 2.23. The maximum Gasteiger partial charge on any atom is 0.192 e. The van der Waals surface area contributed by atoms with Crippen molar-refractivity contribution >= 4 is 5.78 Å². The Morgan fingerprint density at radius 1 is 1.40 bits per heavy atom. The molecule has 1 aromatic rings. The van der Waals surface area contributed by atoms with E-state index in [1.54, 1.807) is 0 Å². The van der Waals surface area contributed by atoms with Gasteiger partial charge in [-0.25, -0.2) is 0 Å². The predicted octanol–water partition coefficient (Wildman–Crippen LogP) is 1.20. The third-order valence-electron chi connectivity index (χ3n) is 2.62. The van der Waals surface area contributed by atoms with E-state index >= 15 is 0 Å². The average molecular weight is 205 g/mol. The highest BCUT2D eigenvalue weighted by Crippen LogP contribution is 2.10. The fourth-order valence-electron chi connectivity index (χ4n) is 1.72. The molecule has 0 N–H and O–H groups in total. The van der Waals surface area contributed by atoms with E-state index in [0.717, 1.165) is 12.1 Å². The number of Topliss-reactive ketones (excluding diaryl/α,β-unsaturated/α-hetero) is 1.